The van der Waals surface area contributed by atoms with Crippen molar-refractivity contribution in [3.05, 3.63) is 29.8 Å². The molecule has 2 rings (SSSR count). The Balaban J connectivity index is 1.93. The Kier molecular flexibility index (Phi) is 5.28. The fourth-order valence-electron chi connectivity index (χ4n) is 2.59. The highest BCUT2D eigenvalue weighted by atomic mass is 19.4. The van der Waals surface area contributed by atoms with Crippen molar-refractivity contribution < 1.29 is 22.7 Å². The maximum absolute atomic E-state index is 12.3. The van der Waals surface area contributed by atoms with Gasteiger partial charge in [0, 0.05) is 19.5 Å². The lowest BCUT2D eigenvalue weighted by atomic mass is 10.1. The summed E-state index contributed by atoms with van der Waals surface area (Å²) in [5.41, 5.74) is 5.96. The van der Waals surface area contributed by atoms with Gasteiger partial charge in [0.05, 0.1) is 0 Å². The summed E-state index contributed by atoms with van der Waals surface area (Å²) in [5.74, 6) is 0.0200. The summed E-state index contributed by atoms with van der Waals surface area (Å²) in [6, 6.07) is 5.90. The van der Waals surface area contributed by atoms with Crippen LogP contribution in [-0.4, -0.2) is 36.8 Å². The van der Waals surface area contributed by atoms with Gasteiger partial charge in [-0.15, -0.1) is 13.2 Å². The maximum Gasteiger partial charge on any atom is 0.573 e. The smallest absolute Gasteiger partial charge is 0.406 e. The summed E-state index contributed by atoms with van der Waals surface area (Å²) in [6.07, 6.45) is -3.47. The first-order valence-corrected chi connectivity index (χ1v) is 7.20. The van der Waals surface area contributed by atoms with E-state index in [1.165, 1.54) is 12.1 Å². The van der Waals surface area contributed by atoms with Crippen molar-refractivity contribution in [1.29, 1.82) is 0 Å². The third-order valence-corrected chi connectivity index (χ3v) is 3.78. The standard InChI is InChI=1S/C15H19F3N2O2/c16-15(17,18)22-13-4-2-1-3-12(13)5-6-14(21)20-8-7-11(9-19)10-20/h1-4,11H,5-10,19H2. The largest absolute Gasteiger partial charge is 0.573 e. The highest BCUT2D eigenvalue weighted by Crippen LogP contribution is 2.27. The number of alkyl halides is 3. The summed E-state index contributed by atoms with van der Waals surface area (Å²) in [7, 11) is 0. The number of carbonyl (C=O) groups is 1. The van der Waals surface area contributed by atoms with Gasteiger partial charge in [0.1, 0.15) is 5.75 Å². The predicted octanol–water partition coefficient (Wildman–Crippen LogP) is 2.33. The molecule has 122 valence electrons. The number of nitrogens with two attached hydrogens (primary N) is 1. The minimum Gasteiger partial charge on any atom is -0.406 e. The number of hydrogen-bond acceptors (Lipinski definition) is 3. The second kappa shape index (κ2) is 7.00. The van der Waals surface area contributed by atoms with Crippen molar-refractivity contribution in [3.8, 4) is 5.75 Å². The first-order chi connectivity index (χ1) is 10.4. The van der Waals surface area contributed by atoms with E-state index in [1.807, 2.05) is 0 Å². The fourth-order valence-corrected chi connectivity index (χ4v) is 2.59. The molecule has 0 bridgehead atoms. The summed E-state index contributed by atoms with van der Waals surface area (Å²) < 4.78 is 41.0. The number of benzene rings is 1. The summed E-state index contributed by atoms with van der Waals surface area (Å²) >= 11 is 0. The van der Waals surface area contributed by atoms with Crippen LogP contribution in [0.3, 0.4) is 0 Å². The number of aryl methyl sites for hydroxylation is 1. The van der Waals surface area contributed by atoms with Gasteiger partial charge in [0.15, 0.2) is 0 Å². The third-order valence-electron chi connectivity index (χ3n) is 3.78. The number of amides is 1. The van der Waals surface area contributed by atoms with Crippen LogP contribution in [0.2, 0.25) is 0 Å². The van der Waals surface area contributed by atoms with Gasteiger partial charge in [-0.25, -0.2) is 0 Å². The number of para-hydroxylation sites is 1. The first kappa shape index (κ1) is 16.6. The number of likely N-dealkylation sites (tertiary alicyclic amines) is 1. The predicted molar refractivity (Wildman–Crippen MR) is 75.2 cm³/mol. The van der Waals surface area contributed by atoms with Crippen LogP contribution in [0.4, 0.5) is 13.2 Å². The molecule has 1 aliphatic rings. The molecule has 1 aromatic rings. The van der Waals surface area contributed by atoms with E-state index in [4.69, 9.17) is 5.73 Å². The van der Waals surface area contributed by atoms with E-state index in [1.54, 1.807) is 17.0 Å². The van der Waals surface area contributed by atoms with Gasteiger partial charge in [0.2, 0.25) is 5.91 Å². The zero-order chi connectivity index (χ0) is 16.2. The number of ether oxygens (including phenoxy) is 1. The van der Waals surface area contributed by atoms with Gasteiger partial charge in [-0.3, -0.25) is 4.79 Å². The first-order valence-electron chi connectivity index (χ1n) is 7.20. The molecule has 1 fully saturated rings. The van der Waals surface area contributed by atoms with Crippen LogP contribution >= 0.6 is 0 Å². The third kappa shape index (κ3) is 4.62. The molecule has 0 spiro atoms. The van der Waals surface area contributed by atoms with E-state index in [0.29, 0.717) is 31.1 Å². The quantitative estimate of drug-likeness (QED) is 0.907. The minimum absolute atomic E-state index is 0.0576. The van der Waals surface area contributed by atoms with Crippen LogP contribution < -0.4 is 10.5 Å². The van der Waals surface area contributed by atoms with Crippen molar-refractivity contribution in [3.63, 3.8) is 0 Å². The monoisotopic (exact) mass is 316 g/mol. The number of nitrogens with zero attached hydrogens (tertiary/aromatic N) is 1. The molecule has 1 amide bonds. The molecular weight excluding hydrogens is 297 g/mol. The molecule has 1 aliphatic heterocycles. The van der Waals surface area contributed by atoms with Gasteiger partial charge in [-0.2, -0.15) is 0 Å². The molecule has 1 aromatic carbocycles. The van der Waals surface area contributed by atoms with E-state index in [9.17, 15) is 18.0 Å². The molecule has 1 unspecified atom stereocenters. The van der Waals surface area contributed by atoms with Gasteiger partial charge in [-0.1, -0.05) is 18.2 Å². The van der Waals surface area contributed by atoms with Crippen LogP contribution in [-0.2, 0) is 11.2 Å². The Bertz CT molecular complexity index is 520. The highest BCUT2D eigenvalue weighted by Gasteiger charge is 2.32. The lowest BCUT2D eigenvalue weighted by molar-refractivity contribution is -0.274. The lowest BCUT2D eigenvalue weighted by Crippen LogP contribution is -2.30. The maximum atomic E-state index is 12.3. The van der Waals surface area contributed by atoms with Crippen LogP contribution in [0.1, 0.15) is 18.4 Å². The second-order valence-electron chi connectivity index (χ2n) is 5.39. The Morgan fingerprint density at radius 3 is 2.73 bits per heavy atom. The van der Waals surface area contributed by atoms with Gasteiger partial charge >= 0.3 is 6.36 Å². The molecule has 0 saturated carbocycles. The van der Waals surface area contributed by atoms with Crippen molar-refractivity contribution in [2.24, 2.45) is 11.7 Å². The zero-order valence-electron chi connectivity index (χ0n) is 12.1. The van der Waals surface area contributed by atoms with E-state index in [0.717, 1.165) is 6.42 Å². The van der Waals surface area contributed by atoms with Gasteiger partial charge < -0.3 is 15.4 Å². The van der Waals surface area contributed by atoms with Crippen LogP contribution in [0.25, 0.3) is 0 Å². The number of hydrogen-bond donors (Lipinski definition) is 1. The Hall–Kier alpha value is -1.76. The second-order valence-corrected chi connectivity index (χ2v) is 5.39. The SMILES string of the molecule is NCC1CCN(C(=O)CCc2ccccc2OC(F)(F)F)C1. The van der Waals surface area contributed by atoms with E-state index < -0.39 is 6.36 Å². The molecule has 7 heteroatoms. The topological polar surface area (TPSA) is 55.6 Å². The summed E-state index contributed by atoms with van der Waals surface area (Å²) in [5, 5.41) is 0. The Morgan fingerprint density at radius 1 is 1.36 bits per heavy atom. The normalized spacial score (nSPS) is 18.5. The van der Waals surface area contributed by atoms with Crippen molar-refractivity contribution in [1.82, 2.24) is 4.90 Å². The van der Waals surface area contributed by atoms with E-state index in [-0.39, 0.29) is 24.5 Å². The van der Waals surface area contributed by atoms with Crippen molar-refractivity contribution in [2.45, 2.75) is 25.6 Å². The minimum atomic E-state index is -4.73. The van der Waals surface area contributed by atoms with Crippen LogP contribution in [0.15, 0.2) is 24.3 Å². The molecule has 2 N–H and O–H groups in total. The summed E-state index contributed by atoms with van der Waals surface area (Å²) in [6.45, 7) is 1.85. The average molecular weight is 316 g/mol. The molecule has 0 radical (unpaired) electrons. The zero-order valence-corrected chi connectivity index (χ0v) is 12.1. The summed E-state index contributed by atoms with van der Waals surface area (Å²) in [4.78, 5) is 13.8. The van der Waals surface area contributed by atoms with Gasteiger partial charge in [0.25, 0.3) is 0 Å². The molecule has 1 atom stereocenters. The molecule has 1 heterocycles. The van der Waals surface area contributed by atoms with Crippen molar-refractivity contribution in [2.75, 3.05) is 19.6 Å². The van der Waals surface area contributed by atoms with Crippen LogP contribution in [0, 0.1) is 5.92 Å². The fraction of sp³-hybridized carbons (Fsp3) is 0.533. The lowest BCUT2D eigenvalue weighted by Gasteiger charge is -2.17. The Morgan fingerprint density at radius 2 is 2.09 bits per heavy atom. The van der Waals surface area contributed by atoms with E-state index >= 15 is 0 Å². The van der Waals surface area contributed by atoms with Crippen molar-refractivity contribution >= 4 is 5.91 Å². The van der Waals surface area contributed by atoms with E-state index in [2.05, 4.69) is 4.74 Å². The Labute approximate surface area is 127 Å². The molecule has 22 heavy (non-hydrogen) atoms. The van der Waals surface area contributed by atoms with Crippen LogP contribution in [0.5, 0.6) is 5.75 Å². The molecule has 0 aromatic heterocycles. The number of halogens is 3. The number of carbonyl (C=O) groups excluding carboxylic acids is 1. The highest BCUT2D eigenvalue weighted by molar-refractivity contribution is 5.76. The average Bonchev–Trinajstić information content (AvgIpc) is 2.93. The van der Waals surface area contributed by atoms with Gasteiger partial charge in [-0.05, 0) is 36.9 Å². The molecule has 0 aliphatic carbocycles. The molecular formula is C15H19F3N2O2. The molecule has 4 nitrogen and oxygen atoms in total. The number of rotatable bonds is 5. The molecule has 1 saturated heterocycles.